The van der Waals surface area contributed by atoms with E-state index in [1.807, 2.05) is 0 Å². The summed E-state index contributed by atoms with van der Waals surface area (Å²) < 4.78 is 17.5. The number of halogens is 1. The molecule has 0 fully saturated rings. The molecule has 1 aromatic heterocycles. The van der Waals surface area contributed by atoms with E-state index in [0.29, 0.717) is 5.56 Å². The number of carboxylic acid groups (broad SMARTS) is 1. The monoisotopic (exact) mass is 222 g/mol. The number of carboxylic acids is 1. The molecule has 16 heavy (non-hydrogen) atoms. The summed E-state index contributed by atoms with van der Waals surface area (Å²) in [4.78, 5) is 14.2. The topological polar surface area (TPSA) is 76.2 Å². The molecule has 0 saturated heterocycles. The molecule has 2 aromatic rings. The van der Waals surface area contributed by atoms with E-state index in [-0.39, 0.29) is 5.82 Å². The van der Waals surface area contributed by atoms with Crippen LogP contribution in [0.3, 0.4) is 0 Å². The minimum absolute atomic E-state index is 0.0643. The number of aromatic nitrogens is 2. The van der Waals surface area contributed by atoms with E-state index >= 15 is 0 Å². The van der Waals surface area contributed by atoms with Crippen molar-refractivity contribution < 1.29 is 18.8 Å². The van der Waals surface area contributed by atoms with Gasteiger partial charge in [0.25, 0.3) is 0 Å². The summed E-state index contributed by atoms with van der Waals surface area (Å²) in [7, 11) is 0. The second-order valence-corrected chi connectivity index (χ2v) is 3.19. The van der Waals surface area contributed by atoms with Crippen molar-refractivity contribution in [1.29, 1.82) is 0 Å². The Balaban J connectivity index is 2.50. The Bertz CT molecular complexity index is 551. The van der Waals surface area contributed by atoms with Gasteiger partial charge in [-0.3, -0.25) is 0 Å². The fourth-order valence-corrected chi connectivity index (χ4v) is 1.25. The van der Waals surface area contributed by atoms with Gasteiger partial charge in [0.1, 0.15) is 5.82 Å². The molecule has 0 unspecified atom stereocenters. The third kappa shape index (κ3) is 1.77. The summed E-state index contributed by atoms with van der Waals surface area (Å²) in [5, 5.41) is 12.1. The zero-order valence-corrected chi connectivity index (χ0v) is 8.27. The third-order valence-electron chi connectivity index (χ3n) is 2.05. The summed E-state index contributed by atoms with van der Waals surface area (Å²) in [6.07, 6.45) is 0. The Morgan fingerprint density at radius 2 is 2.25 bits per heavy atom. The van der Waals surface area contributed by atoms with E-state index in [1.165, 1.54) is 12.1 Å². The Labute approximate surface area is 89.5 Å². The largest absolute Gasteiger partial charge is 0.474 e. The van der Waals surface area contributed by atoms with E-state index in [0.717, 1.165) is 5.56 Å². The van der Waals surface area contributed by atoms with E-state index in [1.54, 1.807) is 13.0 Å². The number of aryl methyl sites for hydroxylation is 1. The van der Waals surface area contributed by atoms with Gasteiger partial charge in [-0.15, -0.1) is 0 Å². The van der Waals surface area contributed by atoms with Crippen molar-refractivity contribution in [2.45, 2.75) is 6.92 Å². The lowest BCUT2D eigenvalue weighted by Crippen LogP contribution is -1.96. The molecule has 1 heterocycles. The molecule has 5 nitrogen and oxygen atoms in total. The number of hydrogen-bond acceptors (Lipinski definition) is 4. The summed E-state index contributed by atoms with van der Waals surface area (Å²) in [5.41, 5.74) is 1.15. The molecule has 1 aromatic carbocycles. The summed E-state index contributed by atoms with van der Waals surface area (Å²) in [6.45, 7) is 1.74. The van der Waals surface area contributed by atoms with Gasteiger partial charge < -0.3 is 9.63 Å². The number of hydrogen-bond donors (Lipinski definition) is 1. The predicted octanol–water partition coefficient (Wildman–Crippen LogP) is 1.88. The second-order valence-electron chi connectivity index (χ2n) is 3.19. The predicted molar refractivity (Wildman–Crippen MR) is 51.4 cm³/mol. The van der Waals surface area contributed by atoms with Gasteiger partial charge >= 0.3 is 11.9 Å². The van der Waals surface area contributed by atoms with Crippen LogP contribution in [0.25, 0.3) is 11.4 Å². The van der Waals surface area contributed by atoms with Crippen molar-refractivity contribution in [1.82, 2.24) is 10.1 Å². The SMILES string of the molecule is Cc1ccc(F)cc1-c1noc(C(=O)O)n1. The first-order valence-corrected chi connectivity index (χ1v) is 4.41. The van der Waals surface area contributed by atoms with Gasteiger partial charge in [-0.25, -0.2) is 9.18 Å². The van der Waals surface area contributed by atoms with Crippen molar-refractivity contribution in [2.75, 3.05) is 0 Å². The highest BCUT2D eigenvalue weighted by Gasteiger charge is 2.16. The van der Waals surface area contributed by atoms with Crippen LogP contribution in [0.15, 0.2) is 22.7 Å². The molecule has 2 rings (SSSR count). The zero-order valence-electron chi connectivity index (χ0n) is 8.27. The molecular weight excluding hydrogens is 215 g/mol. The third-order valence-corrected chi connectivity index (χ3v) is 2.05. The van der Waals surface area contributed by atoms with Gasteiger partial charge in [0.2, 0.25) is 5.82 Å². The summed E-state index contributed by atoms with van der Waals surface area (Å²) in [6, 6.07) is 4.09. The van der Waals surface area contributed by atoms with E-state index in [9.17, 15) is 9.18 Å². The summed E-state index contributed by atoms with van der Waals surface area (Å²) >= 11 is 0. The molecule has 0 atom stereocenters. The molecule has 0 spiro atoms. The lowest BCUT2D eigenvalue weighted by molar-refractivity contribution is 0.0643. The van der Waals surface area contributed by atoms with Gasteiger partial charge in [-0.2, -0.15) is 4.98 Å². The molecule has 0 aliphatic carbocycles. The minimum atomic E-state index is -1.31. The van der Waals surface area contributed by atoms with Gasteiger partial charge in [-0.05, 0) is 24.6 Å². The average molecular weight is 222 g/mol. The number of aromatic carboxylic acids is 1. The summed E-state index contributed by atoms with van der Waals surface area (Å²) in [5.74, 6) is -2.21. The van der Waals surface area contributed by atoms with Crippen LogP contribution in [0.5, 0.6) is 0 Å². The molecular formula is C10H7FN2O3. The number of carbonyl (C=O) groups is 1. The van der Waals surface area contributed by atoms with Crippen molar-refractivity contribution in [2.24, 2.45) is 0 Å². The second kappa shape index (κ2) is 3.73. The number of benzene rings is 1. The molecule has 6 heteroatoms. The lowest BCUT2D eigenvalue weighted by atomic mass is 10.1. The van der Waals surface area contributed by atoms with Crippen LogP contribution >= 0.6 is 0 Å². The Morgan fingerprint density at radius 3 is 2.88 bits per heavy atom. The fourth-order valence-electron chi connectivity index (χ4n) is 1.25. The maximum Gasteiger partial charge on any atom is 0.394 e. The fraction of sp³-hybridized carbons (Fsp3) is 0.100. The van der Waals surface area contributed by atoms with Gasteiger partial charge in [0, 0.05) is 5.56 Å². The standard InChI is InChI=1S/C10H7FN2O3/c1-5-2-3-6(11)4-7(5)8-12-9(10(14)15)16-13-8/h2-4H,1H3,(H,14,15). The van der Waals surface area contributed by atoms with Crippen molar-refractivity contribution >= 4 is 5.97 Å². The Kier molecular flexibility index (Phi) is 2.40. The van der Waals surface area contributed by atoms with Crippen LogP contribution < -0.4 is 0 Å². The van der Waals surface area contributed by atoms with Gasteiger partial charge in [-0.1, -0.05) is 11.2 Å². The Morgan fingerprint density at radius 1 is 1.50 bits per heavy atom. The molecule has 0 saturated carbocycles. The quantitative estimate of drug-likeness (QED) is 0.839. The highest BCUT2D eigenvalue weighted by molar-refractivity contribution is 5.82. The van der Waals surface area contributed by atoms with Crippen LogP contribution in [0, 0.1) is 12.7 Å². The first-order chi connectivity index (χ1) is 7.58. The van der Waals surface area contributed by atoms with Crippen LogP contribution in [0.1, 0.15) is 16.2 Å². The zero-order chi connectivity index (χ0) is 11.7. The van der Waals surface area contributed by atoms with E-state index < -0.39 is 17.7 Å². The molecule has 0 amide bonds. The molecule has 1 N–H and O–H groups in total. The Hall–Kier alpha value is -2.24. The van der Waals surface area contributed by atoms with Gasteiger partial charge in [0.05, 0.1) is 0 Å². The van der Waals surface area contributed by atoms with Gasteiger partial charge in [0.15, 0.2) is 0 Å². The smallest absolute Gasteiger partial charge is 0.394 e. The molecule has 0 aliphatic rings. The maximum atomic E-state index is 13.0. The lowest BCUT2D eigenvalue weighted by Gasteiger charge is -1.99. The van der Waals surface area contributed by atoms with Crippen LogP contribution in [-0.2, 0) is 0 Å². The van der Waals surface area contributed by atoms with Crippen molar-refractivity contribution in [3.63, 3.8) is 0 Å². The van der Waals surface area contributed by atoms with Crippen LogP contribution in [0.2, 0.25) is 0 Å². The first kappa shape index (κ1) is 10.3. The molecule has 0 bridgehead atoms. The average Bonchev–Trinajstić information content (AvgIpc) is 2.70. The normalized spacial score (nSPS) is 10.4. The minimum Gasteiger partial charge on any atom is -0.474 e. The van der Waals surface area contributed by atoms with E-state index in [4.69, 9.17) is 5.11 Å². The van der Waals surface area contributed by atoms with Crippen LogP contribution in [-0.4, -0.2) is 21.2 Å². The first-order valence-electron chi connectivity index (χ1n) is 4.41. The van der Waals surface area contributed by atoms with E-state index in [2.05, 4.69) is 14.7 Å². The molecule has 82 valence electrons. The maximum absolute atomic E-state index is 13.0. The molecule has 0 radical (unpaired) electrons. The van der Waals surface area contributed by atoms with Crippen LogP contribution in [0.4, 0.5) is 4.39 Å². The highest BCUT2D eigenvalue weighted by atomic mass is 19.1. The van der Waals surface area contributed by atoms with Crippen molar-refractivity contribution in [3.05, 3.63) is 35.5 Å². The highest BCUT2D eigenvalue weighted by Crippen LogP contribution is 2.21. The van der Waals surface area contributed by atoms with Crippen molar-refractivity contribution in [3.8, 4) is 11.4 Å². The molecule has 0 aliphatic heterocycles. The number of nitrogens with zero attached hydrogens (tertiary/aromatic N) is 2. The number of rotatable bonds is 2.